The first-order valence-electron chi connectivity index (χ1n) is 8.04. The van der Waals surface area contributed by atoms with Crippen LogP contribution in [0.5, 0.6) is 0 Å². The van der Waals surface area contributed by atoms with Crippen molar-refractivity contribution in [3.63, 3.8) is 0 Å². The molecule has 2 aliphatic heterocycles. The second-order valence-electron chi connectivity index (χ2n) is 6.09. The van der Waals surface area contributed by atoms with Gasteiger partial charge in [0.05, 0.1) is 0 Å². The highest BCUT2D eigenvalue weighted by molar-refractivity contribution is 5.73. The SMILES string of the molecule is O=C(O)C1CCCN1C1CCN(CCCCCO)CC1. The van der Waals surface area contributed by atoms with Crippen molar-refractivity contribution in [3.05, 3.63) is 0 Å². The van der Waals surface area contributed by atoms with Crippen LogP contribution in [0.1, 0.15) is 44.9 Å². The van der Waals surface area contributed by atoms with Crippen molar-refractivity contribution in [2.24, 2.45) is 0 Å². The molecule has 2 aliphatic rings. The van der Waals surface area contributed by atoms with E-state index in [9.17, 15) is 9.90 Å². The van der Waals surface area contributed by atoms with Crippen LogP contribution in [0, 0.1) is 0 Å². The van der Waals surface area contributed by atoms with Crippen LogP contribution in [0.3, 0.4) is 0 Å². The van der Waals surface area contributed by atoms with Crippen molar-refractivity contribution in [3.8, 4) is 0 Å². The van der Waals surface area contributed by atoms with Gasteiger partial charge in [0.15, 0.2) is 0 Å². The quantitative estimate of drug-likeness (QED) is 0.687. The first kappa shape index (κ1) is 15.7. The Morgan fingerprint density at radius 2 is 1.80 bits per heavy atom. The molecule has 2 heterocycles. The summed E-state index contributed by atoms with van der Waals surface area (Å²) in [5.74, 6) is -0.645. The molecule has 0 radical (unpaired) electrons. The van der Waals surface area contributed by atoms with Crippen molar-refractivity contribution in [1.29, 1.82) is 0 Å². The summed E-state index contributed by atoms with van der Waals surface area (Å²) < 4.78 is 0. The fourth-order valence-corrected chi connectivity index (χ4v) is 3.59. The number of aliphatic carboxylic acids is 1. The molecule has 2 N–H and O–H groups in total. The summed E-state index contributed by atoms with van der Waals surface area (Å²) in [4.78, 5) is 16.0. The molecule has 116 valence electrons. The molecule has 5 nitrogen and oxygen atoms in total. The van der Waals surface area contributed by atoms with Gasteiger partial charge in [-0.2, -0.15) is 0 Å². The monoisotopic (exact) mass is 284 g/mol. The Bertz CT molecular complexity index is 303. The molecule has 0 aromatic carbocycles. The van der Waals surface area contributed by atoms with Gasteiger partial charge in [-0.05, 0) is 71.1 Å². The molecule has 0 saturated carbocycles. The van der Waals surface area contributed by atoms with Gasteiger partial charge < -0.3 is 15.1 Å². The topological polar surface area (TPSA) is 64.0 Å². The van der Waals surface area contributed by atoms with Gasteiger partial charge in [0.1, 0.15) is 6.04 Å². The van der Waals surface area contributed by atoms with Crippen molar-refractivity contribution in [2.75, 3.05) is 32.8 Å². The maximum Gasteiger partial charge on any atom is 0.320 e. The standard InChI is InChI=1S/C15H28N2O3/c18-12-3-1-2-8-16-10-6-13(7-11-16)17-9-4-5-14(17)15(19)20/h13-14,18H,1-12H2,(H,19,20). The Labute approximate surface area is 121 Å². The van der Waals surface area contributed by atoms with Gasteiger partial charge in [0.25, 0.3) is 0 Å². The van der Waals surface area contributed by atoms with Crippen LogP contribution in [-0.2, 0) is 4.79 Å². The number of unbranched alkanes of at least 4 members (excludes halogenated alkanes) is 2. The maximum absolute atomic E-state index is 11.2. The molecule has 0 spiro atoms. The highest BCUT2D eigenvalue weighted by Gasteiger charge is 2.36. The number of piperidine rings is 1. The van der Waals surface area contributed by atoms with E-state index in [2.05, 4.69) is 9.80 Å². The molecule has 2 rings (SSSR count). The molecule has 5 heteroatoms. The van der Waals surface area contributed by atoms with E-state index in [1.165, 1.54) is 0 Å². The van der Waals surface area contributed by atoms with Crippen molar-refractivity contribution < 1.29 is 15.0 Å². The second-order valence-corrected chi connectivity index (χ2v) is 6.09. The number of carboxylic acids is 1. The third kappa shape index (κ3) is 4.17. The van der Waals surface area contributed by atoms with Crippen LogP contribution in [0.15, 0.2) is 0 Å². The summed E-state index contributed by atoms with van der Waals surface area (Å²) in [6.07, 6.45) is 7.21. The molecule has 1 unspecified atom stereocenters. The van der Waals surface area contributed by atoms with E-state index >= 15 is 0 Å². The fourth-order valence-electron chi connectivity index (χ4n) is 3.59. The first-order chi connectivity index (χ1) is 9.72. The van der Waals surface area contributed by atoms with Gasteiger partial charge in [-0.15, -0.1) is 0 Å². The van der Waals surface area contributed by atoms with E-state index in [1.807, 2.05) is 0 Å². The van der Waals surface area contributed by atoms with Gasteiger partial charge in [-0.1, -0.05) is 0 Å². The lowest BCUT2D eigenvalue weighted by molar-refractivity contribution is -0.143. The van der Waals surface area contributed by atoms with Gasteiger partial charge in [0, 0.05) is 12.6 Å². The summed E-state index contributed by atoms with van der Waals surface area (Å²) in [6, 6.07) is 0.225. The molecule has 0 bridgehead atoms. The molecule has 0 amide bonds. The molecular weight excluding hydrogens is 256 g/mol. The summed E-state index contributed by atoms with van der Waals surface area (Å²) >= 11 is 0. The van der Waals surface area contributed by atoms with Crippen LogP contribution in [-0.4, -0.2) is 70.9 Å². The van der Waals surface area contributed by atoms with E-state index in [0.29, 0.717) is 12.6 Å². The lowest BCUT2D eigenvalue weighted by atomic mass is 10.0. The zero-order valence-corrected chi connectivity index (χ0v) is 12.3. The number of nitrogens with zero attached hydrogens (tertiary/aromatic N) is 2. The summed E-state index contributed by atoms with van der Waals surface area (Å²) in [5.41, 5.74) is 0. The van der Waals surface area contributed by atoms with Gasteiger partial charge >= 0.3 is 5.97 Å². The molecule has 0 aromatic rings. The van der Waals surface area contributed by atoms with E-state index < -0.39 is 5.97 Å². The largest absolute Gasteiger partial charge is 0.480 e. The van der Waals surface area contributed by atoms with Crippen molar-refractivity contribution >= 4 is 5.97 Å². The number of hydrogen-bond donors (Lipinski definition) is 2. The van der Waals surface area contributed by atoms with E-state index in [-0.39, 0.29) is 6.04 Å². The van der Waals surface area contributed by atoms with E-state index in [0.717, 1.165) is 71.1 Å². The van der Waals surface area contributed by atoms with E-state index in [4.69, 9.17) is 5.11 Å². The predicted octanol–water partition coefficient (Wildman–Crippen LogP) is 1.16. The molecular formula is C15H28N2O3. The zero-order chi connectivity index (χ0) is 14.4. The molecule has 20 heavy (non-hydrogen) atoms. The third-order valence-electron chi connectivity index (χ3n) is 4.74. The maximum atomic E-state index is 11.2. The smallest absolute Gasteiger partial charge is 0.320 e. The van der Waals surface area contributed by atoms with E-state index in [1.54, 1.807) is 0 Å². The Balaban J connectivity index is 1.70. The normalized spacial score (nSPS) is 26.1. The van der Waals surface area contributed by atoms with Crippen LogP contribution < -0.4 is 0 Å². The number of aliphatic hydroxyl groups excluding tert-OH is 1. The van der Waals surface area contributed by atoms with Crippen LogP contribution in [0.4, 0.5) is 0 Å². The lowest BCUT2D eigenvalue weighted by Crippen LogP contribution is -2.48. The minimum atomic E-state index is -0.645. The number of carbonyl (C=O) groups is 1. The fraction of sp³-hybridized carbons (Fsp3) is 0.933. The average Bonchev–Trinajstić information content (AvgIpc) is 2.94. The molecule has 0 aliphatic carbocycles. The first-order valence-corrected chi connectivity index (χ1v) is 8.04. The highest BCUT2D eigenvalue weighted by atomic mass is 16.4. The number of rotatable bonds is 7. The van der Waals surface area contributed by atoms with Gasteiger partial charge in [-0.3, -0.25) is 9.69 Å². The predicted molar refractivity (Wildman–Crippen MR) is 77.8 cm³/mol. The second kappa shape index (κ2) is 7.96. The van der Waals surface area contributed by atoms with Gasteiger partial charge in [0.2, 0.25) is 0 Å². The molecule has 2 fully saturated rings. The van der Waals surface area contributed by atoms with Crippen molar-refractivity contribution in [1.82, 2.24) is 9.80 Å². The minimum Gasteiger partial charge on any atom is -0.480 e. The summed E-state index contributed by atoms with van der Waals surface area (Å²) in [7, 11) is 0. The Hall–Kier alpha value is -0.650. The molecule has 0 aromatic heterocycles. The Kier molecular flexibility index (Phi) is 6.26. The lowest BCUT2D eigenvalue weighted by Gasteiger charge is -2.38. The molecule has 2 saturated heterocycles. The number of aliphatic hydroxyl groups is 1. The average molecular weight is 284 g/mol. The summed E-state index contributed by atoms with van der Waals surface area (Å²) in [6.45, 7) is 4.56. The minimum absolute atomic E-state index is 0.240. The summed E-state index contributed by atoms with van der Waals surface area (Å²) in [5, 5.41) is 18.0. The van der Waals surface area contributed by atoms with Crippen LogP contribution in [0.2, 0.25) is 0 Å². The number of carboxylic acid groups (broad SMARTS) is 1. The Morgan fingerprint density at radius 3 is 2.45 bits per heavy atom. The zero-order valence-electron chi connectivity index (χ0n) is 12.3. The van der Waals surface area contributed by atoms with Crippen LogP contribution in [0.25, 0.3) is 0 Å². The third-order valence-corrected chi connectivity index (χ3v) is 4.74. The van der Waals surface area contributed by atoms with Crippen LogP contribution >= 0.6 is 0 Å². The van der Waals surface area contributed by atoms with Gasteiger partial charge in [-0.25, -0.2) is 0 Å². The Morgan fingerprint density at radius 1 is 1.05 bits per heavy atom. The van der Waals surface area contributed by atoms with Crippen molar-refractivity contribution in [2.45, 2.75) is 57.0 Å². The molecule has 1 atom stereocenters. The number of hydrogen-bond acceptors (Lipinski definition) is 4. The number of likely N-dealkylation sites (tertiary alicyclic amines) is 2. The highest BCUT2D eigenvalue weighted by Crippen LogP contribution is 2.26.